The SMILES string of the molecule is CC(C)NCc1cccc(OCCN2CCCCC2C)c1. The van der Waals surface area contributed by atoms with Crippen LogP contribution in [0.2, 0.25) is 0 Å². The average molecular weight is 290 g/mol. The fourth-order valence-corrected chi connectivity index (χ4v) is 2.84. The number of ether oxygens (including phenoxy) is 1. The molecule has 1 aromatic rings. The van der Waals surface area contributed by atoms with Gasteiger partial charge in [-0.05, 0) is 44.0 Å². The third-order valence-corrected chi connectivity index (χ3v) is 4.20. The molecule has 1 heterocycles. The molecule has 118 valence electrons. The Bertz CT molecular complexity index is 419. The Morgan fingerprint density at radius 3 is 2.95 bits per heavy atom. The lowest BCUT2D eigenvalue weighted by atomic mass is 10.0. The molecule has 1 fully saturated rings. The van der Waals surface area contributed by atoms with Crippen molar-refractivity contribution in [3.63, 3.8) is 0 Å². The highest BCUT2D eigenvalue weighted by Crippen LogP contribution is 2.17. The number of nitrogens with one attached hydrogen (secondary N) is 1. The van der Waals surface area contributed by atoms with Gasteiger partial charge in [0.2, 0.25) is 0 Å². The smallest absolute Gasteiger partial charge is 0.119 e. The summed E-state index contributed by atoms with van der Waals surface area (Å²) in [5.41, 5.74) is 1.28. The van der Waals surface area contributed by atoms with Crippen LogP contribution in [0.5, 0.6) is 5.75 Å². The summed E-state index contributed by atoms with van der Waals surface area (Å²) in [5, 5.41) is 3.44. The minimum atomic E-state index is 0.509. The van der Waals surface area contributed by atoms with E-state index in [1.165, 1.54) is 31.4 Å². The van der Waals surface area contributed by atoms with Gasteiger partial charge < -0.3 is 10.1 Å². The predicted octanol–water partition coefficient (Wildman–Crippen LogP) is 3.44. The van der Waals surface area contributed by atoms with Crippen LogP contribution in [0.25, 0.3) is 0 Å². The van der Waals surface area contributed by atoms with Gasteiger partial charge in [-0.25, -0.2) is 0 Å². The monoisotopic (exact) mass is 290 g/mol. The molecule has 21 heavy (non-hydrogen) atoms. The first kappa shape index (κ1) is 16.3. The van der Waals surface area contributed by atoms with Gasteiger partial charge in [-0.3, -0.25) is 4.90 Å². The summed E-state index contributed by atoms with van der Waals surface area (Å²) in [6.07, 6.45) is 4.04. The standard InChI is InChI=1S/C18H30N2O/c1-15(2)19-14-17-8-6-9-18(13-17)21-12-11-20-10-5-4-7-16(20)3/h6,8-9,13,15-16,19H,4-5,7,10-12,14H2,1-3H3. The van der Waals surface area contributed by atoms with E-state index in [9.17, 15) is 0 Å². The molecule has 0 saturated carbocycles. The van der Waals surface area contributed by atoms with Crippen molar-refractivity contribution < 1.29 is 4.74 Å². The molecule has 0 aromatic heterocycles. The molecule has 3 nitrogen and oxygen atoms in total. The summed E-state index contributed by atoms with van der Waals surface area (Å²) in [6.45, 7) is 10.6. The first-order valence-corrected chi connectivity index (χ1v) is 8.34. The Hall–Kier alpha value is -1.06. The molecule has 1 unspecified atom stereocenters. The van der Waals surface area contributed by atoms with E-state index in [-0.39, 0.29) is 0 Å². The van der Waals surface area contributed by atoms with Crippen molar-refractivity contribution in [2.45, 2.75) is 58.7 Å². The molecule has 0 bridgehead atoms. The highest BCUT2D eigenvalue weighted by Gasteiger charge is 2.17. The van der Waals surface area contributed by atoms with Crippen LogP contribution in [0, 0.1) is 0 Å². The van der Waals surface area contributed by atoms with Gasteiger partial charge in [0.25, 0.3) is 0 Å². The molecule has 1 atom stereocenters. The largest absolute Gasteiger partial charge is 0.492 e. The van der Waals surface area contributed by atoms with Crippen LogP contribution >= 0.6 is 0 Å². The summed E-state index contributed by atoms with van der Waals surface area (Å²) in [6, 6.07) is 9.65. The molecule has 0 radical (unpaired) electrons. The zero-order valence-corrected chi connectivity index (χ0v) is 13.8. The van der Waals surface area contributed by atoms with Crippen molar-refractivity contribution in [3.8, 4) is 5.75 Å². The van der Waals surface area contributed by atoms with Crippen LogP contribution in [0.1, 0.15) is 45.6 Å². The number of nitrogens with zero attached hydrogens (tertiary/aromatic N) is 1. The molecular formula is C18H30N2O. The Morgan fingerprint density at radius 1 is 1.33 bits per heavy atom. The van der Waals surface area contributed by atoms with Crippen molar-refractivity contribution in [2.24, 2.45) is 0 Å². The van der Waals surface area contributed by atoms with Crippen LogP contribution < -0.4 is 10.1 Å². The predicted molar refractivity (Wildman–Crippen MR) is 88.8 cm³/mol. The molecule has 3 heteroatoms. The van der Waals surface area contributed by atoms with E-state index in [0.29, 0.717) is 12.1 Å². The second-order valence-electron chi connectivity index (χ2n) is 6.41. The lowest BCUT2D eigenvalue weighted by Gasteiger charge is -2.33. The first-order chi connectivity index (χ1) is 10.1. The topological polar surface area (TPSA) is 24.5 Å². The Balaban J connectivity index is 1.76. The third kappa shape index (κ3) is 5.68. The molecule has 1 N–H and O–H groups in total. The molecule has 2 rings (SSSR count). The number of hydrogen-bond acceptors (Lipinski definition) is 3. The molecule has 0 aliphatic carbocycles. The maximum atomic E-state index is 5.94. The number of likely N-dealkylation sites (tertiary alicyclic amines) is 1. The maximum absolute atomic E-state index is 5.94. The first-order valence-electron chi connectivity index (χ1n) is 8.34. The summed E-state index contributed by atoms with van der Waals surface area (Å²) < 4.78 is 5.94. The van der Waals surface area contributed by atoms with Gasteiger partial charge >= 0.3 is 0 Å². The Kier molecular flexibility index (Phi) is 6.52. The van der Waals surface area contributed by atoms with Gasteiger partial charge in [-0.2, -0.15) is 0 Å². The lowest BCUT2D eigenvalue weighted by molar-refractivity contribution is 0.133. The van der Waals surface area contributed by atoms with Crippen LogP contribution in [0.3, 0.4) is 0 Å². The fraction of sp³-hybridized carbons (Fsp3) is 0.667. The van der Waals surface area contributed by atoms with Crippen LogP contribution in [0.4, 0.5) is 0 Å². The minimum Gasteiger partial charge on any atom is -0.492 e. The Labute approximate surface area is 129 Å². The van der Waals surface area contributed by atoms with E-state index in [0.717, 1.165) is 25.4 Å². The van der Waals surface area contributed by atoms with Crippen LogP contribution in [-0.4, -0.2) is 36.7 Å². The van der Waals surface area contributed by atoms with Crippen molar-refractivity contribution in [3.05, 3.63) is 29.8 Å². The summed E-state index contributed by atoms with van der Waals surface area (Å²) in [4.78, 5) is 2.55. The van der Waals surface area contributed by atoms with E-state index in [2.05, 4.69) is 55.3 Å². The lowest BCUT2D eigenvalue weighted by Crippen LogP contribution is -2.39. The highest BCUT2D eigenvalue weighted by molar-refractivity contribution is 5.28. The van der Waals surface area contributed by atoms with Crippen molar-refractivity contribution in [2.75, 3.05) is 19.7 Å². The molecule has 1 aromatic carbocycles. The van der Waals surface area contributed by atoms with Gasteiger partial charge in [-0.1, -0.05) is 32.4 Å². The molecular weight excluding hydrogens is 260 g/mol. The summed E-state index contributed by atoms with van der Waals surface area (Å²) >= 11 is 0. The molecule has 1 saturated heterocycles. The van der Waals surface area contributed by atoms with E-state index in [4.69, 9.17) is 4.74 Å². The van der Waals surface area contributed by atoms with Gasteiger partial charge in [0, 0.05) is 25.2 Å². The molecule has 0 amide bonds. The number of piperidine rings is 1. The third-order valence-electron chi connectivity index (χ3n) is 4.20. The minimum absolute atomic E-state index is 0.509. The second-order valence-corrected chi connectivity index (χ2v) is 6.41. The van der Waals surface area contributed by atoms with E-state index < -0.39 is 0 Å². The van der Waals surface area contributed by atoms with Gasteiger partial charge in [0.1, 0.15) is 12.4 Å². The van der Waals surface area contributed by atoms with Crippen LogP contribution in [0.15, 0.2) is 24.3 Å². The normalized spacial score (nSPS) is 19.9. The molecule has 0 spiro atoms. The van der Waals surface area contributed by atoms with E-state index in [1.54, 1.807) is 0 Å². The quantitative estimate of drug-likeness (QED) is 0.832. The second kappa shape index (κ2) is 8.40. The van der Waals surface area contributed by atoms with E-state index in [1.807, 2.05) is 0 Å². The molecule has 1 aliphatic heterocycles. The van der Waals surface area contributed by atoms with Crippen LogP contribution in [-0.2, 0) is 6.54 Å². The molecule has 1 aliphatic rings. The van der Waals surface area contributed by atoms with Gasteiger partial charge in [0.05, 0.1) is 0 Å². The number of rotatable bonds is 7. The van der Waals surface area contributed by atoms with Crippen molar-refractivity contribution >= 4 is 0 Å². The summed E-state index contributed by atoms with van der Waals surface area (Å²) in [7, 11) is 0. The van der Waals surface area contributed by atoms with Gasteiger partial charge in [-0.15, -0.1) is 0 Å². The zero-order valence-electron chi connectivity index (χ0n) is 13.8. The highest BCUT2D eigenvalue weighted by atomic mass is 16.5. The number of hydrogen-bond donors (Lipinski definition) is 1. The van der Waals surface area contributed by atoms with E-state index >= 15 is 0 Å². The zero-order chi connectivity index (χ0) is 15.1. The maximum Gasteiger partial charge on any atom is 0.119 e. The summed E-state index contributed by atoms with van der Waals surface area (Å²) in [5.74, 6) is 0.989. The number of benzene rings is 1. The average Bonchev–Trinajstić information content (AvgIpc) is 2.48. The van der Waals surface area contributed by atoms with Crippen molar-refractivity contribution in [1.82, 2.24) is 10.2 Å². The van der Waals surface area contributed by atoms with Crippen molar-refractivity contribution in [1.29, 1.82) is 0 Å². The fourth-order valence-electron chi connectivity index (χ4n) is 2.84. The van der Waals surface area contributed by atoms with Gasteiger partial charge in [0.15, 0.2) is 0 Å². The Morgan fingerprint density at radius 2 is 2.19 bits per heavy atom.